The second-order valence-corrected chi connectivity index (χ2v) is 5.34. The number of rotatable bonds is 5. The number of hydrogen-bond donors (Lipinski definition) is 0. The molecule has 2 aromatic carbocycles. The highest BCUT2D eigenvalue weighted by Crippen LogP contribution is 2.22. The summed E-state index contributed by atoms with van der Waals surface area (Å²) in [6.07, 6.45) is 3.50. The predicted molar refractivity (Wildman–Crippen MR) is 92.1 cm³/mol. The molecule has 0 spiro atoms. The number of fused-ring (bicyclic) bond motifs is 1. The van der Waals surface area contributed by atoms with E-state index >= 15 is 0 Å². The molecule has 3 rings (SSSR count). The van der Waals surface area contributed by atoms with Crippen molar-refractivity contribution < 1.29 is 14.1 Å². The molecule has 5 heteroatoms. The van der Waals surface area contributed by atoms with E-state index in [1.54, 1.807) is 30.3 Å². The van der Waals surface area contributed by atoms with Crippen LogP contribution in [0.4, 0.5) is 5.69 Å². The maximum Gasteiger partial charge on any atom is 0.273 e. The molecule has 1 aromatic heterocycles. The van der Waals surface area contributed by atoms with Crippen LogP contribution in [0, 0.1) is 10.1 Å². The minimum atomic E-state index is -0.406. The van der Waals surface area contributed by atoms with Crippen LogP contribution >= 0.6 is 0 Å². The number of ketones is 1. The molecule has 1 heterocycles. The molecule has 0 radical (unpaired) electrons. The quantitative estimate of drug-likeness (QED) is 0.293. The zero-order chi connectivity index (χ0) is 17.1. The lowest BCUT2D eigenvalue weighted by Crippen LogP contribution is -1.95. The Hall–Kier alpha value is -3.21. The standard InChI is InChI=1S/C19H15NO4/c1-2-14-9-7-13(11-16(14)20(22)23)8-10-17(21)19-12-15-5-3-4-6-18(15)24-19/h3-12H,2H2,1H3/b10-8+. The van der Waals surface area contributed by atoms with E-state index in [2.05, 4.69) is 0 Å². The molecule has 0 saturated carbocycles. The normalized spacial score (nSPS) is 11.2. The Bertz CT molecular complexity index is 920. The van der Waals surface area contributed by atoms with Crippen LogP contribution in [0.2, 0.25) is 0 Å². The molecule has 0 N–H and O–H groups in total. The van der Waals surface area contributed by atoms with Gasteiger partial charge in [-0.1, -0.05) is 43.3 Å². The lowest BCUT2D eigenvalue weighted by atomic mass is 10.1. The van der Waals surface area contributed by atoms with Crippen LogP contribution in [-0.4, -0.2) is 10.7 Å². The molecule has 0 aliphatic heterocycles. The Morgan fingerprint density at radius 3 is 2.71 bits per heavy atom. The predicted octanol–water partition coefficient (Wildman–Crippen LogP) is 4.80. The van der Waals surface area contributed by atoms with Crippen molar-refractivity contribution in [2.75, 3.05) is 0 Å². The molecule has 0 aliphatic carbocycles. The van der Waals surface area contributed by atoms with Crippen molar-refractivity contribution in [2.24, 2.45) is 0 Å². The third kappa shape index (κ3) is 3.10. The number of carbonyl (C=O) groups excluding carboxylic acids is 1. The highest BCUT2D eigenvalue weighted by Gasteiger charge is 2.13. The third-order valence-corrected chi connectivity index (χ3v) is 3.78. The van der Waals surface area contributed by atoms with Gasteiger partial charge in [0.1, 0.15) is 5.58 Å². The first-order valence-electron chi connectivity index (χ1n) is 7.57. The van der Waals surface area contributed by atoms with E-state index in [-0.39, 0.29) is 17.2 Å². The van der Waals surface area contributed by atoms with Gasteiger partial charge in [-0.05, 0) is 30.2 Å². The van der Waals surface area contributed by atoms with Crippen molar-refractivity contribution in [2.45, 2.75) is 13.3 Å². The highest BCUT2D eigenvalue weighted by atomic mass is 16.6. The average molecular weight is 321 g/mol. The lowest BCUT2D eigenvalue weighted by Gasteiger charge is -2.00. The fourth-order valence-electron chi connectivity index (χ4n) is 2.51. The summed E-state index contributed by atoms with van der Waals surface area (Å²) >= 11 is 0. The fourth-order valence-corrected chi connectivity index (χ4v) is 2.51. The molecule has 24 heavy (non-hydrogen) atoms. The number of hydrogen-bond acceptors (Lipinski definition) is 4. The van der Waals surface area contributed by atoms with Crippen LogP contribution in [-0.2, 0) is 6.42 Å². The molecule has 5 nitrogen and oxygen atoms in total. The van der Waals surface area contributed by atoms with Crippen LogP contribution < -0.4 is 0 Å². The zero-order valence-electron chi connectivity index (χ0n) is 13.1. The van der Waals surface area contributed by atoms with E-state index in [1.165, 1.54) is 12.1 Å². The van der Waals surface area contributed by atoms with Crippen molar-refractivity contribution in [3.05, 3.63) is 81.6 Å². The molecule has 0 fully saturated rings. The molecule has 0 saturated heterocycles. The first-order chi connectivity index (χ1) is 11.6. The monoisotopic (exact) mass is 321 g/mol. The Balaban J connectivity index is 1.86. The first-order valence-corrected chi connectivity index (χ1v) is 7.57. The van der Waals surface area contributed by atoms with Crippen molar-refractivity contribution in [3.8, 4) is 0 Å². The zero-order valence-corrected chi connectivity index (χ0v) is 13.1. The summed E-state index contributed by atoms with van der Waals surface area (Å²) in [7, 11) is 0. The molecule has 0 aliphatic rings. The Morgan fingerprint density at radius 1 is 1.21 bits per heavy atom. The van der Waals surface area contributed by atoms with Gasteiger partial charge in [-0.3, -0.25) is 14.9 Å². The van der Waals surface area contributed by atoms with Crippen LogP contribution in [0.15, 0.2) is 59.0 Å². The largest absolute Gasteiger partial charge is 0.453 e. The summed E-state index contributed by atoms with van der Waals surface area (Å²) < 4.78 is 5.51. The lowest BCUT2D eigenvalue weighted by molar-refractivity contribution is -0.385. The molecular formula is C19H15NO4. The van der Waals surface area contributed by atoms with Gasteiger partial charge in [0.25, 0.3) is 5.69 Å². The minimum absolute atomic E-state index is 0.0656. The summed E-state index contributed by atoms with van der Waals surface area (Å²) in [5.41, 5.74) is 1.98. The number of para-hydroxylation sites is 1. The summed E-state index contributed by atoms with van der Waals surface area (Å²) in [5, 5.41) is 11.9. The second-order valence-electron chi connectivity index (χ2n) is 5.34. The van der Waals surface area contributed by atoms with Crippen LogP contribution in [0.5, 0.6) is 0 Å². The van der Waals surface area contributed by atoms with Crippen LogP contribution in [0.3, 0.4) is 0 Å². The summed E-state index contributed by atoms with van der Waals surface area (Å²) in [4.78, 5) is 22.9. The second kappa shape index (κ2) is 6.50. The van der Waals surface area contributed by atoms with Gasteiger partial charge in [0.05, 0.1) is 4.92 Å². The Morgan fingerprint density at radius 2 is 2.00 bits per heavy atom. The van der Waals surface area contributed by atoms with Gasteiger partial charge in [-0.25, -0.2) is 0 Å². The summed E-state index contributed by atoms with van der Waals surface area (Å²) in [5.74, 6) is -0.0412. The van der Waals surface area contributed by atoms with Gasteiger partial charge in [-0.15, -0.1) is 0 Å². The number of nitrogens with zero attached hydrogens (tertiary/aromatic N) is 1. The van der Waals surface area contributed by atoms with E-state index in [9.17, 15) is 14.9 Å². The third-order valence-electron chi connectivity index (χ3n) is 3.78. The van der Waals surface area contributed by atoms with E-state index in [0.29, 0.717) is 23.1 Å². The Kier molecular flexibility index (Phi) is 4.24. The molecule has 120 valence electrons. The van der Waals surface area contributed by atoms with Gasteiger partial charge < -0.3 is 4.42 Å². The number of nitro benzene ring substituents is 1. The first kappa shape index (κ1) is 15.7. The van der Waals surface area contributed by atoms with Crippen molar-refractivity contribution in [1.82, 2.24) is 0 Å². The average Bonchev–Trinajstić information content (AvgIpc) is 3.03. The smallest absolute Gasteiger partial charge is 0.273 e. The molecule has 0 atom stereocenters. The Labute approximate surface area is 138 Å². The van der Waals surface area contributed by atoms with Gasteiger partial charge in [0.15, 0.2) is 5.76 Å². The molecule has 0 unspecified atom stereocenters. The summed E-state index contributed by atoms with van der Waals surface area (Å²) in [6.45, 7) is 1.86. The number of aryl methyl sites for hydroxylation is 1. The minimum Gasteiger partial charge on any atom is -0.453 e. The van der Waals surface area contributed by atoms with E-state index in [1.807, 2.05) is 25.1 Å². The van der Waals surface area contributed by atoms with Crippen molar-refractivity contribution >= 4 is 28.5 Å². The van der Waals surface area contributed by atoms with Crippen LogP contribution in [0.1, 0.15) is 28.6 Å². The summed E-state index contributed by atoms with van der Waals surface area (Å²) in [6, 6.07) is 14.0. The van der Waals surface area contributed by atoms with Crippen LogP contribution in [0.25, 0.3) is 17.0 Å². The van der Waals surface area contributed by atoms with Crippen molar-refractivity contribution in [3.63, 3.8) is 0 Å². The maximum absolute atomic E-state index is 12.2. The number of allylic oxidation sites excluding steroid dienone is 1. The number of furan rings is 1. The van der Waals surface area contributed by atoms with Gasteiger partial charge >= 0.3 is 0 Å². The SMILES string of the molecule is CCc1ccc(/C=C/C(=O)c2cc3ccccc3o2)cc1[N+](=O)[O-]. The topological polar surface area (TPSA) is 73.3 Å². The molecular weight excluding hydrogens is 306 g/mol. The fraction of sp³-hybridized carbons (Fsp3) is 0.105. The van der Waals surface area contributed by atoms with E-state index in [4.69, 9.17) is 4.42 Å². The highest BCUT2D eigenvalue weighted by molar-refractivity contribution is 6.07. The molecule has 3 aromatic rings. The molecule has 0 amide bonds. The van der Waals surface area contributed by atoms with Gasteiger partial charge in [-0.2, -0.15) is 0 Å². The van der Waals surface area contributed by atoms with E-state index in [0.717, 1.165) is 5.39 Å². The van der Waals surface area contributed by atoms with Crippen molar-refractivity contribution in [1.29, 1.82) is 0 Å². The number of nitro groups is 1. The van der Waals surface area contributed by atoms with Gasteiger partial charge in [0.2, 0.25) is 5.78 Å². The number of carbonyl (C=O) groups is 1. The van der Waals surface area contributed by atoms with Gasteiger partial charge in [0, 0.05) is 17.0 Å². The molecule has 0 bridgehead atoms. The number of benzene rings is 2. The maximum atomic E-state index is 12.2. The van der Waals surface area contributed by atoms with E-state index < -0.39 is 4.92 Å².